The Labute approximate surface area is 226 Å². The first kappa shape index (κ1) is 26.1. The van der Waals surface area contributed by atoms with Gasteiger partial charge in [0.05, 0.1) is 35.5 Å². The summed E-state index contributed by atoms with van der Waals surface area (Å²) in [7, 11) is 1.53. The van der Waals surface area contributed by atoms with Gasteiger partial charge in [-0.1, -0.05) is 24.3 Å². The Morgan fingerprint density at radius 1 is 1.07 bits per heavy atom. The van der Waals surface area contributed by atoms with Crippen LogP contribution in [0.5, 0.6) is 11.6 Å². The number of aromatic nitrogens is 2. The van der Waals surface area contributed by atoms with E-state index < -0.39 is 22.7 Å². The number of methoxy groups -OCH3 is 1. The van der Waals surface area contributed by atoms with E-state index in [1.807, 2.05) is 0 Å². The van der Waals surface area contributed by atoms with E-state index in [0.717, 1.165) is 4.90 Å². The van der Waals surface area contributed by atoms with E-state index in [1.54, 1.807) is 42.5 Å². The van der Waals surface area contributed by atoms with Gasteiger partial charge in [0, 0.05) is 18.6 Å². The smallest absolute Gasteiger partial charge is 0.329 e. The van der Waals surface area contributed by atoms with Crippen LogP contribution in [-0.4, -0.2) is 43.8 Å². The van der Waals surface area contributed by atoms with Crippen LogP contribution >= 0.6 is 0 Å². The molecule has 1 aliphatic heterocycles. The summed E-state index contributed by atoms with van der Waals surface area (Å²) in [6.07, 6.45) is 1.52. The van der Waals surface area contributed by atoms with E-state index in [2.05, 4.69) is 10.4 Å². The number of hydrogen-bond acceptors (Lipinski definition) is 7. The fourth-order valence-electron chi connectivity index (χ4n) is 4.25. The number of aromatic hydroxyl groups is 1. The molecule has 12 heteroatoms. The summed E-state index contributed by atoms with van der Waals surface area (Å²) in [5, 5.41) is 29.3. The quantitative estimate of drug-likeness (QED) is 0.146. The second kappa shape index (κ2) is 10.7. The lowest BCUT2D eigenvalue weighted by Gasteiger charge is -2.11. The Morgan fingerprint density at radius 3 is 2.48 bits per heavy atom. The molecule has 0 unspecified atom stereocenters. The van der Waals surface area contributed by atoms with Crippen molar-refractivity contribution >= 4 is 23.7 Å². The van der Waals surface area contributed by atoms with Gasteiger partial charge in [-0.05, 0) is 53.6 Å². The highest BCUT2D eigenvalue weighted by Crippen LogP contribution is 2.31. The average molecular weight is 544 g/mol. The molecule has 0 atom stereocenters. The van der Waals surface area contributed by atoms with Crippen LogP contribution in [-0.2, 0) is 17.8 Å². The zero-order valence-corrected chi connectivity index (χ0v) is 21.1. The topological polar surface area (TPSA) is 140 Å². The molecule has 0 radical (unpaired) electrons. The highest BCUT2D eigenvalue weighted by molar-refractivity contribution is 6.14. The van der Waals surface area contributed by atoms with Gasteiger partial charge in [-0.3, -0.25) is 19.8 Å². The number of imide groups is 1. The van der Waals surface area contributed by atoms with Gasteiger partial charge in [0.1, 0.15) is 17.3 Å². The van der Waals surface area contributed by atoms with Crippen LogP contribution in [0, 0.1) is 15.9 Å². The molecule has 4 aromatic rings. The second-order valence-electron chi connectivity index (χ2n) is 8.90. The lowest BCUT2D eigenvalue weighted by atomic mass is 10.1. The molecule has 0 saturated carbocycles. The molecule has 202 valence electrons. The summed E-state index contributed by atoms with van der Waals surface area (Å²) in [5.74, 6) is -0.761. The van der Waals surface area contributed by atoms with Crippen LogP contribution in [0.3, 0.4) is 0 Å². The van der Waals surface area contributed by atoms with Gasteiger partial charge in [-0.15, -0.1) is 0 Å². The van der Waals surface area contributed by atoms with E-state index in [-0.39, 0.29) is 35.8 Å². The second-order valence-corrected chi connectivity index (χ2v) is 8.90. The van der Waals surface area contributed by atoms with Gasteiger partial charge in [-0.2, -0.15) is 5.10 Å². The highest BCUT2D eigenvalue weighted by atomic mass is 19.1. The van der Waals surface area contributed by atoms with Crippen molar-refractivity contribution in [2.45, 2.75) is 13.0 Å². The predicted octanol–water partition coefficient (Wildman–Crippen LogP) is 4.32. The van der Waals surface area contributed by atoms with E-state index in [4.69, 9.17) is 4.74 Å². The third kappa shape index (κ3) is 5.23. The van der Waals surface area contributed by atoms with Crippen LogP contribution in [0.25, 0.3) is 11.8 Å². The molecule has 0 aliphatic carbocycles. The van der Waals surface area contributed by atoms with E-state index in [9.17, 15) is 29.2 Å². The van der Waals surface area contributed by atoms with E-state index in [1.165, 1.54) is 48.2 Å². The lowest BCUT2D eigenvalue weighted by molar-refractivity contribution is -0.384. The molecule has 3 amide bonds. The third-order valence-electron chi connectivity index (χ3n) is 6.29. The first-order chi connectivity index (χ1) is 19.2. The molecule has 11 nitrogen and oxygen atoms in total. The summed E-state index contributed by atoms with van der Waals surface area (Å²) >= 11 is 0. The first-order valence-corrected chi connectivity index (χ1v) is 12.0. The molecule has 2 N–H and O–H groups in total. The molecule has 1 fully saturated rings. The first-order valence-electron chi connectivity index (χ1n) is 12.0. The summed E-state index contributed by atoms with van der Waals surface area (Å²) < 4.78 is 19.9. The van der Waals surface area contributed by atoms with Crippen molar-refractivity contribution in [2.75, 3.05) is 7.11 Å². The molecule has 1 aromatic heterocycles. The number of halogens is 1. The molecular weight excluding hydrogens is 521 g/mol. The standard InChI is InChI=1S/C28H22FN5O6/c1-40-22-11-9-20(10-12-22)33-26(35)23(24(31-33)14-17-5-7-19(29)8-6-17)15-25-27(36)32(28(37)30-25)16-18-3-2-4-21(13-18)34(38)39/h2-13,15,35H,14,16H2,1H3,(H,30,37)/b25-15-. The van der Waals surface area contributed by atoms with E-state index >= 15 is 0 Å². The number of nitro groups is 1. The Hall–Kier alpha value is -5.52. The SMILES string of the molecule is COc1ccc(-n2nc(Cc3ccc(F)cc3)c(/C=C3\NC(=O)N(Cc4cccc([N+](=O)[O-])c4)C3=O)c2O)cc1. The van der Waals surface area contributed by atoms with Crippen molar-refractivity contribution in [1.29, 1.82) is 0 Å². The summed E-state index contributed by atoms with van der Waals surface area (Å²) in [5.41, 5.74) is 1.88. The number of ether oxygens (including phenoxy) is 1. The number of urea groups is 1. The number of rotatable bonds is 8. The Bertz CT molecular complexity index is 1650. The Kier molecular flexibility index (Phi) is 6.98. The van der Waals surface area contributed by atoms with Gasteiger partial charge in [0.15, 0.2) is 0 Å². The normalized spacial score (nSPS) is 14.1. The Morgan fingerprint density at radius 2 is 1.80 bits per heavy atom. The third-order valence-corrected chi connectivity index (χ3v) is 6.29. The maximum atomic E-state index is 13.5. The molecule has 0 spiro atoms. The number of hydrogen-bond donors (Lipinski definition) is 2. The van der Waals surface area contributed by atoms with Crippen molar-refractivity contribution < 1.29 is 28.7 Å². The molecule has 2 heterocycles. The van der Waals surface area contributed by atoms with Crippen LogP contribution in [0.1, 0.15) is 22.4 Å². The van der Waals surface area contributed by atoms with Gasteiger partial charge >= 0.3 is 6.03 Å². The number of nitrogens with zero attached hydrogens (tertiary/aromatic N) is 4. The molecule has 40 heavy (non-hydrogen) atoms. The maximum Gasteiger partial charge on any atom is 0.329 e. The molecular formula is C28H22FN5O6. The van der Waals surface area contributed by atoms with Crippen LogP contribution < -0.4 is 10.1 Å². The fourth-order valence-corrected chi connectivity index (χ4v) is 4.25. The number of benzene rings is 3. The number of non-ortho nitro benzene ring substituents is 1. The summed E-state index contributed by atoms with van der Waals surface area (Å²) in [4.78, 5) is 37.3. The number of carbonyl (C=O) groups is 2. The van der Waals surface area contributed by atoms with Gasteiger partial charge < -0.3 is 15.2 Å². The van der Waals surface area contributed by atoms with Crippen molar-refractivity contribution in [2.24, 2.45) is 0 Å². The highest BCUT2D eigenvalue weighted by Gasteiger charge is 2.34. The van der Waals surface area contributed by atoms with Crippen molar-refractivity contribution in [3.8, 4) is 17.3 Å². The van der Waals surface area contributed by atoms with Crippen LogP contribution in [0.2, 0.25) is 0 Å². The predicted molar refractivity (Wildman–Crippen MR) is 141 cm³/mol. The molecule has 3 aromatic carbocycles. The molecule has 1 aliphatic rings. The molecule has 5 rings (SSSR count). The zero-order chi connectivity index (χ0) is 28.4. The largest absolute Gasteiger partial charge is 0.497 e. The number of nitrogens with one attached hydrogen (secondary N) is 1. The Balaban J connectivity index is 1.50. The van der Waals surface area contributed by atoms with Crippen molar-refractivity contribution in [1.82, 2.24) is 20.0 Å². The minimum atomic E-state index is -0.718. The lowest BCUT2D eigenvalue weighted by Crippen LogP contribution is -2.30. The van der Waals surface area contributed by atoms with Crippen LogP contribution in [0.4, 0.5) is 14.9 Å². The van der Waals surface area contributed by atoms with Gasteiger partial charge in [-0.25, -0.2) is 13.9 Å². The van der Waals surface area contributed by atoms with Gasteiger partial charge in [0.2, 0.25) is 5.88 Å². The minimum absolute atomic E-state index is 0.111. The van der Waals surface area contributed by atoms with Gasteiger partial charge in [0.25, 0.3) is 11.6 Å². The van der Waals surface area contributed by atoms with Crippen LogP contribution in [0.15, 0.2) is 78.5 Å². The van der Waals surface area contributed by atoms with E-state index in [0.29, 0.717) is 28.3 Å². The fraction of sp³-hybridized carbons (Fsp3) is 0.107. The maximum absolute atomic E-state index is 13.5. The average Bonchev–Trinajstić information content (AvgIpc) is 3.40. The minimum Gasteiger partial charge on any atom is -0.497 e. The monoisotopic (exact) mass is 543 g/mol. The summed E-state index contributed by atoms with van der Waals surface area (Å²) in [6, 6.07) is 17.5. The number of amides is 3. The number of carbonyl (C=O) groups excluding carboxylic acids is 2. The zero-order valence-electron chi connectivity index (χ0n) is 21.1. The van der Waals surface area contributed by atoms with Crippen molar-refractivity contribution in [3.63, 3.8) is 0 Å². The number of nitro benzene ring substituents is 1. The molecule has 0 bridgehead atoms. The summed E-state index contributed by atoms with van der Waals surface area (Å²) in [6.45, 7) is -0.191. The molecule has 1 saturated heterocycles. The van der Waals surface area contributed by atoms with Crippen molar-refractivity contribution in [3.05, 3.63) is 117 Å².